The molecule has 1 N–H and O–H groups in total. The molecule has 0 bridgehead atoms. The first-order valence-corrected chi connectivity index (χ1v) is 12.5. The minimum Gasteiger partial charge on any atom is -0.368 e. The summed E-state index contributed by atoms with van der Waals surface area (Å²) in [5.74, 6) is 0.0357. The Morgan fingerprint density at radius 3 is 2.27 bits per heavy atom. The van der Waals surface area contributed by atoms with Crippen molar-refractivity contribution in [3.63, 3.8) is 0 Å². The van der Waals surface area contributed by atoms with E-state index in [0.29, 0.717) is 32.6 Å². The maximum Gasteiger partial charge on any atom is 0.239 e. The lowest BCUT2D eigenvalue weighted by Crippen LogP contribution is -2.56. The van der Waals surface area contributed by atoms with Gasteiger partial charge in [-0.15, -0.1) is 0 Å². The van der Waals surface area contributed by atoms with Crippen molar-refractivity contribution in [2.75, 3.05) is 49.9 Å². The fourth-order valence-corrected chi connectivity index (χ4v) is 5.64. The highest BCUT2D eigenvalue weighted by atomic mass is 32.2. The van der Waals surface area contributed by atoms with Gasteiger partial charge in [0.05, 0.1) is 11.8 Å². The van der Waals surface area contributed by atoms with Crippen molar-refractivity contribution in [2.24, 2.45) is 0 Å². The van der Waals surface area contributed by atoms with E-state index in [1.54, 1.807) is 12.1 Å². The quantitative estimate of drug-likeness (QED) is 0.698. The average Bonchev–Trinajstić information content (AvgIpc) is 2.73. The molecular weight excluding hydrogens is 407 g/mol. The molecule has 1 amide bonds. The summed E-state index contributed by atoms with van der Waals surface area (Å²) >= 11 is 0. The Hall–Kier alpha value is -1.71. The largest absolute Gasteiger partial charge is 0.368 e. The molecule has 168 valence electrons. The summed E-state index contributed by atoms with van der Waals surface area (Å²) in [4.78, 5) is 19.2. The number of piperazine rings is 1. The molecule has 2 heterocycles. The fourth-order valence-electron chi connectivity index (χ4n) is 4.24. The van der Waals surface area contributed by atoms with E-state index in [-0.39, 0.29) is 29.6 Å². The normalized spacial score (nSPS) is 20.4. The minimum atomic E-state index is -3.20. The van der Waals surface area contributed by atoms with Crippen molar-refractivity contribution in [2.45, 2.75) is 45.2 Å². The second-order valence-electron chi connectivity index (χ2n) is 8.21. The Balaban J connectivity index is 1.46. The number of nitrogens with zero attached hydrogens (tertiary/aromatic N) is 3. The van der Waals surface area contributed by atoms with Gasteiger partial charge in [-0.2, -0.15) is 0 Å². The van der Waals surface area contributed by atoms with Gasteiger partial charge in [0.1, 0.15) is 5.82 Å². The van der Waals surface area contributed by atoms with Gasteiger partial charge in [0.2, 0.25) is 15.9 Å². The lowest BCUT2D eigenvalue weighted by molar-refractivity contribution is -0.137. The molecule has 0 spiro atoms. The monoisotopic (exact) mass is 440 g/mol. The van der Waals surface area contributed by atoms with E-state index in [0.717, 1.165) is 31.6 Å². The van der Waals surface area contributed by atoms with Crippen LogP contribution in [0.2, 0.25) is 0 Å². The standard InChI is InChI=1S/C21H33FN4O3S/c1-3-16-30(28,29)23-19-8-10-24(11-9-19)17(2)21(27)26-14-12-25(13-15-26)20-6-4-18(22)5-7-20/h4-7,17,19,23H,3,8-16H2,1-2H3. The second kappa shape index (κ2) is 10.1. The number of nitrogens with one attached hydrogen (secondary N) is 1. The zero-order chi connectivity index (χ0) is 21.7. The zero-order valence-electron chi connectivity index (χ0n) is 17.9. The number of rotatable bonds is 7. The van der Waals surface area contributed by atoms with Gasteiger partial charge < -0.3 is 9.80 Å². The smallest absolute Gasteiger partial charge is 0.239 e. The number of anilines is 1. The molecule has 0 saturated carbocycles. The van der Waals surface area contributed by atoms with Crippen LogP contribution in [0.15, 0.2) is 24.3 Å². The predicted molar refractivity (Wildman–Crippen MR) is 116 cm³/mol. The van der Waals surface area contributed by atoms with Gasteiger partial charge in [-0.1, -0.05) is 6.92 Å². The highest BCUT2D eigenvalue weighted by Gasteiger charge is 2.31. The molecular formula is C21H33FN4O3S. The van der Waals surface area contributed by atoms with Gasteiger partial charge in [-0.3, -0.25) is 9.69 Å². The Labute approximate surface area is 179 Å². The number of halogens is 1. The summed E-state index contributed by atoms with van der Waals surface area (Å²) in [6.07, 6.45) is 2.05. The highest BCUT2D eigenvalue weighted by molar-refractivity contribution is 7.89. The van der Waals surface area contributed by atoms with Gasteiger partial charge in [0.15, 0.2) is 0 Å². The van der Waals surface area contributed by atoms with Gasteiger partial charge in [0, 0.05) is 51.0 Å². The summed E-state index contributed by atoms with van der Waals surface area (Å²) < 4.78 is 39.8. The second-order valence-corrected chi connectivity index (χ2v) is 10.1. The zero-order valence-corrected chi connectivity index (χ0v) is 18.7. The van der Waals surface area contributed by atoms with Crippen LogP contribution in [-0.2, 0) is 14.8 Å². The van der Waals surface area contributed by atoms with Gasteiger partial charge >= 0.3 is 0 Å². The van der Waals surface area contributed by atoms with Crippen LogP contribution >= 0.6 is 0 Å². The maximum atomic E-state index is 13.1. The molecule has 7 nitrogen and oxygen atoms in total. The lowest BCUT2D eigenvalue weighted by atomic mass is 10.0. The number of carbonyl (C=O) groups is 1. The first-order chi connectivity index (χ1) is 14.3. The number of benzene rings is 1. The van der Waals surface area contributed by atoms with E-state index in [4.69, 9.17) is 0 Å². The van der Waals surface area contributed by atoms with Crippen LogP contribution in [0.3, 0.4) is 0 Å². The van der Waals surface area contributed by atoms with E-state index < -0.39 is 10.0 Å². The highest BCUT2D eigenvalue weighted by Crippen LogP contribution is 2.19. The van der Waals surface area contributed by atoms with Gasteiger partial charge in [-0.05, 0) is 50.5 Å². The molecule has 9 heteroatoms. The molecule has 0 aromatic heterocycles. The Kier molecular flexibility index (Phi) is 7.70. The van der Waals surface area contributed by atoms with Crippen LogP contribution in [0.5, 0.6) is 0 Å². The van der Waals surface area contributed by atoms with Crippen molar-refractivity contribution in [3.05, 3.63) is 30.1 Å². The molecule has 0 radical (unpaired) electrons. The average molecular weight is 441 g/mol. The summed E-state index contributed by atoms with van der Waals surface area (Å²) in [5.41, 5.74) is 0.976. The first kappa shape index (κ1) is 23.0. The number of piperidine rings is 1. The summed E-state index contributed by atoms with van der Waals surface area (Å²) in [7, 11) is -3.20. The molecule has 0 aliphatic carbocycles. The van der Waals surface area contributed by atoms with Gasteiger partial charge in [-0.25, -0.2) is 17.5 Å². The molecule has 1 atom stereocenters. The van der Waals surface area contributed by atoms with Crippen LogP contribution in [-0.4, -0.2) is 81.2 Å². The van der Waals surface area contributed by atoms with E-state index in [9.17, 15) is 17.6 Å². The number of likely N-dealkylation sites (tertiary alicyclic amines) is 1. The molecule has 30 heavy (non-hydrogen) atoms. The number of hydrogen-bond acceptors (Lipinski definition) is 5. The topological polar surface area (TPSA) is 73.0 Å². The molecule has 2 fully saturated rings. The minimum absolute atomic E-state index is 0.0423. The lowest BCUT2D eigenvalue weighted by Gasteiger charge is -2.40. The maximum absolute atomic E-state index is 13.1. The molecule has 1 aromatic carbocycles. The van der Waals surface area contributed by atoms with Crippen molar-refractivity contribution < 1.29 is 17.6 Å². The molecule has 1 aromatic rings. The summed E-state index contributed by atoms with van der Waals surface area (Å²) in [6.45, 7) is 7.97. The third kappa shape index (κ3) is 5.92. The van der Waals surface area contributed by atoms with Crippen LogP contribution in [0, 0.1) is 5.82 Å². The SMILES string of the molecule is CCCS(=O)(=O)NC1CCN(C(C)C(=O)N2CCN(c3ccc(F)cc3)CC2)CC1. The third-order valence-electron chi connectivity index (χ3n) is 6.04. The number of hydrogen-bond donors (Lipinski definition) is 1. The molecule has 3 rings (SSSR count). The molecule has 2 aliphatic rings. The van der Waals surface area contributed by atoms with E-state index in [1.807, 2.05) is 18.7 Å². The Morgan fingerprint density at radius 2 is 1.70 bits per heavy atom. The van der Waals surface area contributed by atoms with Crippen molar-refractivity contribution in [3.8, 4) is 0 Å². The van der Waals surface area contributed by atoms with E-state index in [2.05, 4.69) is 14.5 Å². The number of sulfonamides is 1. The van der Waals surface area contributed by atoms with E-state index >= 15 is 0 Å². The van der Waals surface area contributed by atoms with E-state index in [1.165, 1.54) is 12.1 Å². The van der Waals surface area contributed by atoms with Gasteiger partial charge in [0.25, 0.3) is 0 Å². The molecule has 1 unspecified atom stereocenters. The number of amides is 1. The van der Waals surface area contributed by atoms with Crippen LogP contribution < -0.4 is 9.62 Å². The molecule has 2 aliphatic heterocycles. The number of carbonyl (C=O) groups excluding carboxylic acids is 1. The van der Waals surface area contributed by atoms with Crippen LogP contribution in [0.4, 0.5) is 10.1 Å². The molecule has 2 saturated heterocycles. The Morgan fingerprint density at radius 1 is 1.10 bits per heavy atom. The van der Waals surface area contributed by atoms with Crippen molar-refractivity contribution in [1.82, 2.24) is 14.5 Å². The third-order valence-corrected chi connectivity index (χ3v) is 7.68. The van der Waals surface area contributed by atoms with Crippen molar-refractivity contribution in [1.29, 1.82) is 0 Å². The fraction of sp³-hybridized carbons (Fsp3) is 0.667. The predicted octanol–water partition coefficient (Wildman–Crippen LogP) is 1.66. The summed E-state index contributed by atoms with van der Waals surface area (Å²) in [6, 6.07) is 6.21. The Bertz CT molecular complexity index is 802. The van der Waals surface area contributed by atoms with Crippen LogP contribution in [0.25, 0.3) is 0 Å². The summed E-state index contributed by atoms with van der Waals surface area (Å²) in [5, 5.41) is 0. The van der Waals surface area contributed by atoms with Crippen LogP contribution in [0.1, 0.15) is 33.1 Å². The first-order valence-electron chi connectivity index (χ1n) is 10.8. The van der Waals surface area contributed by atoms with Crippen molar-refractivity contribution >= 4 is 21.6 Å².